The van der Waals surface area contributed by atoms with Gasteiger partial charge in [-0.15, -0.1) is 0 Å². The van der Waals surface area contributed by atoms with E-state index in [2.05, 4.69) is 5.32 Å². The van der Waals surface area contributed by atoms with Gasteiger partial charge in [0, 0.05) is 20.6 Å². The minimum atomic E-state index is -3.64. The molecule has 0 spiro atoms. The first kappa shape index (κ1) is 20.9. The third-order valence-corrected chi connectivity index (χ3v) is 6.81. The number of halogens is 1. The van der Waals surface area contributed by atoms with Gasteiger partial charge in [0.25, 0.3) is 5.91 Å². The number of hydrogen-bond donors (Lipinski definition) is 1. The summed E-state index contributed by atoms with van der Waals surface area (Å²) < 4.78 is 25.6. The fraction of sp³-hybridized carbons (Fsp3) is 0.353. The number of likely N-dealkylation sites (N-methyl/N-ethyl adjacent to an activating group) is 1. The van der Waals surface area contributed by atoms with Crippen LogP contribution in [0.5, 0.6) is 0 Å². The molecule has 1 aromatic heterocycles. The quantitative estimate of drug-likeness (QED) is 0.754. The highest BCUT2D eigenvalue weighted by Gasteiger charge is 2.22. The van der Waals surface area contributed by atoms with E-state index in [0.717, 1.165) is 9.87 Å². The maximum absolute atomic E-state index is 12.6. The Morgan fingerprint density at radius 3 is 2.46 bits per heavy atom. The molecule has 0 aliphatic rings. The van der Waals surface area contributed by atoms with E-state index in [1.54, 1.807) is 11.3 Å². The fourth-order valence-corrected chi connectivity index (χ4v) is 4.24. The third-order valence-electron chi connectivity index (χ3n) is 3.97. The van der Waals surface area contributed by atoms with Crippen molar-refractivity contribution >= 4 is 38.9 Å². The molecular formula is C17H22ClN3O3S2. The normalized spacial score (nSPS) is 13.2. The van der Waals surface area contributed by atoms with Crippen LogP contribution in [0.25, 0.3) is 0 Å². The SMILES string of the molecule is CN(C)C(CNC(=O)c1cc(S(=O)(=O)N(C)C)ccc1Cl)c1ccsc1. The van der Waals surface area contributed by atoms with Crippen LogP contribution in [0.4, 0.5) is 0 Å². The molecule has 0 bridgehead atoms. The fourth-order valence-electron chi connectivity index (χ4n) is 2.40. The molecule has 0 aliphatic carbocycles. The van der Waals surface area contributed by atoms with Crippen molar-refractivity contribution in [1.82, 2.24) is 14.5 Å². The Hall–Kier alpha value is -1.45. The van der Waals surface area contributed by atoms with Gasteiger partial charge in [-0.3, -0.25) is 4.79 Å². The van der Waals surface area contributed by atoms with Crippen LogP contribution in [-0.2, 0) is 10.0 Å². The molecule has 0 radical (unpaired) electrons. The molecule has 2 aromatic rings. The first-order valence-corrected chi connectivity index (χ1v) is 10.6. The van der Waals surface area contributed by atoms with Crippen LogP contribution in [0.15, 0.2) is 39.9 Å². The zero-order valence-corrected chi connectivity index (χ0v) is 17.5. The van der Waals surface area contributed by atoms with Gasteiger partial charge in [-0.05, 0) is 54.7 Å². The second-order valence-corrected chi connectivity index (χ2v) is 9.51. The molecule has 1 aromatic carbocycles. The van der Waals surface area contributed by atoms with Gasteiger partial charge in [-0.25, -0.2) is 12.7 Å². The van der Waals surface area contributed by atoms with E-state index >= 15 is 0 Å². The van der Waals surface area contributed by atoms with Crippen molar-refractivity contribution in [2.45, 2.75) is 10.9 Å². The van der Waals surface area contributed by atoms with Crippen molar-refractivity contribution in [3.05, 3.63) is 51.2 Å². The summed E-state index contributed by atoms with van der Waals surface area (Å²) in [6.07, 6.45) is 0. The van der Waals surface area contributed by atoms with Crippen LogP contribution in [0.3, 0.4) is 0 Å². The van der Waals surface area contributed by atoms with E-state index in [1.165, 1.54) is 32.3 Å². The predicted octanol–water partition coefficient (Wildman–Crippen LogP) is 2.68. The summed E-state index contributed by atoms with van der Waals surface area (Å²) >= 11 is 7.71. The van der Waals surface area contributed by atoms with E-state index in [4.69, 9.17) is 11.6 Å². The minimum absolute atomic E-state index is 0.0117. The highest BCUT2D eigenvalue weighted by Crippen LogP contribution is 2.23. The molecule has 1 N–H and O–H groups in total. The van der Waals surface area contributed by atoms with Crippen molar-refractivity contribution in [1.29, 1.82) is 0 Å². The molecule has 142 valence electrons. The first-order valence-electron chi connectivity index (χ1n) is 7.83. The molecule has 1 amide bonds. The van der Waals surface area contributed by atoms with Gasteiger partial charge in [0.2, 0.25) is 10.0 Å². The number of thiophene rings is 1. The Kier molecular flexibility index (Phi) is 6.81. The molecule has 2 rings (SSSR count). The van der Waals surface area contributed by atoms with Gasteiger partial charge in [0.1, 0.15) is 0 Å². The average molecular weight is 416 g/mol. The van der Waals surface area contributed by atoms with E-state index in [9.17, 15) is 13.2 Å². The number of hydrogen-bond acceptors (Lipinski definition) is 5. The van der Waals surface area contributed by atoms with E-state index in [0.29, 0.717) is 6.54 Å². The van der Waals surface area contributed by atoms with Crippen LogP contribution < -0.4 is 5.32 Å². The maximum atomic E-state index is 12.6. The molecule has 26 heavy (non-hydrogen) atoms. The van der Waals surface area contributed by atoms with Gasteiger partial charge >= 0.3 is 0 Å². The van der Waals surface area contributed by atoms with Gasteiger partial charge < -0.3 is 10.2 Å². The van der Waals surface area contributed by atoms with Gasteiger partial charge in [-0.1, -0.05) is 11.6 Å². The lowest BCUT2D eigenvalue weighted by Crippen LogP contribution is -2.34. The molecule has 1 unspecified atom stereocenters. The van der Waals surface area contributed by atoms with Crippen molar-refractivity contribution < 1.29 is 13.2 Å². The lowest BCUT2D eigenvalue weighted by Gasteiger charge is -2.24. The second kappa shape index (κ2) is 8.49. The Balaban J connectivity index is 2.22. The lowest BCUT2D eigenvalue weighted by atomic mass is 10.1. The monoisotopic (exact) mass is 415 g/mol. The number of nitrogens with one attached hydrogen (secondary N) is 1. The van der Waals surface area contributed by atoms with E-state index in [1.807, 2.05) is 35.8 Å². The van der Waals surface area contributed by atoms with Crippen LogP contribution in [0, 0.1) is 0 Å². The largest absolute Gasteiger partial charge is 0.350 e. The zero-order chi connectivity index (χ0) is 19.5. The first-order chi connectivity index (χ1) is 12.1. The summed E-state index contributed by atoms with van der Waals surface area (Å²) in [5.41, 5.74) is 1.24. The molecule has 0 aliphatic heterocycles. The van der Waals surface area contributed by atoms with Crippen molar-refractivity contribution in [2.24, 2.45) is 0 Å². The maximum Gasteiger partial charge on any atom is 0.252 e. The van der Waals surface area contributed by atoms with Gasteiger partial charge in [-0.2, -0.15) is 11.3 Å². The summed E-state index contributed by atoms with van der Waals surface area (Å²) in [5, 5.41) is 7.08. The molecule has 0 saturated heterocycles. The summed E-state index contributed by atoms with van der Waals surface area (Å²) in [6, 6.07) is 6.15. The molecular weight excluding hydrogens is 394 g/mol. The summed E-state index contributed by atoms with van der Waals surface area (Å²) in [4.78, 5) is 14.6. The van der Waals surface area contributed by atoms with Gasteiger partial charge in [0.15, 0.2) is 0 Å². The van der Waals surface area contributed by atoms with Crippen LogP contribution in [0.1, 0.15) is 22.0 Å². The summed E-state index contributed by atoms with van der Waals surface area (Å²) in [7, 11) is 3.10. The number of carbonyl (C=O) groups is 1. The minimum Gasteiger partial charge on any atom is -0.350 e. The number of benzene rings is 1. The number of carbonyl (C=O) groups excluding carboxylic acids is 1. The second-order valence-electron chi connectivity index (χ2n) is 6.18. The standard InChI is InChI=1S/C17H22ClN3O3S2/c1-20(2)16(12-7-8-25-11-12)10-19-17(22)14-9-13(5-6-15(14)18)26(23,24)21(3)4/h5-9,11,16H,10H2,1-4H3,(H,19,22). The molecule has 9 heteroatoms. The molecule has 1 heterocycles. The number of rotatable bonds is 7. The molecule has 6 nitrogen and oxygen atoms in total. The number of sulfonamides is 1. The zero-order valence-electron chi connectivity index (χ0n) is 15.1. The molecule has 1 atom stereocenters. The number of nitrogens with zero attached hydrogens (tertiary/aromatic N) is 2. The lowest BCUT2D eigenvalue weighted by molar-refractivity contribution is 0.0942. The Morgan fingerprint density at radius 1 is 1.23 bits per heavy atom. The Bertz CT molecular complexity index is 865. The van der Waals surface area contributed by atoms with Crippen LogP contribution in [0.2, 0.25) is 5.02 Å². The van der Waals surface area contributed by atoms with Crippen molar-refractivity contribution in [3.63, 3.8) is 0 Å². The Morgan fingerprint density at radius 2 is 1.92 bits per heavy atom. The molecule has 0 saturated carbocycles. The van der Waals surface area contributed by atoms with Crippen molar-refractivity contribution in [2.75, 3.05) is 34.7 Å². The number of amides is 1. The summed E-state index contributed by atoms with van der Waals surface area (Å²) in [5.74, 6) is -0.409. The van der Waals surface area contributed by atoms with Gasteiger partial charge in [0.05, 0.1) is 21.5 Å². The third kappa shape index (κ3) is 4.63. The summed E-state index contributed by atoms with van der Waals surface area (Å²) in [6.45, 7) is 0.379. The highest BCUT2D eigenvalue weighted by molar-refractivity contribution is 7.89. The average Bonchev–Trinajstić information content (AvgIpc) is 3.08. The van der Waals surface area contributed by atoms with Crippen LogP contribution >= 0.6 is 22.9 Å². The van der Waals surface area contributed by atoms with Crippen LogP contribution in [-0.4, -0.2) is 58.3 Å². The van der Waals surface area contributed by atoms with E-state index in [-0.39, 0.29) is 21.5 Å². The Labute approximate surface area is 163 Å². The predicted molar refractivity (Wildman–Crippen MR) is 105 cm³/mol. The molecule has 0 fully saturated rings. The van der Waals surface area contributed by atoms with Crippen molar-refractivity contribution in [3.8, 4) is 0 Å². The topological polar surface area (TPSA) is 69.7 Å². The smallest absolute Gasteiger partial charge is 0.252 e. The van der Waals surface area contributed by atoms with E-state index < -0.39 is 15.9 Å². The highest BCUT2D eigenvalue weighted by atomic mass is 35.5.